The maximum absolute atomic E-state index is 5.86. The third-order valence-electron chi connectivity index (χ3n) is 3.45. The highest BCUT2D eigenvalue weighted by atomic mass is 35.5. The number of nitrogens with zero attached hydrogens (tertiary/aromatic N) is 1. The number of para-hydroxylation sites is 1. The second-order valence-corrected chi connectivity index (χ2v) is 5.05. The quantitative estimate of drug-likeness (QED) is 0.788. The Balaban J connectivity index is 1.95. The number of nitrogens with one attached hydrogen (secondary N) is 1. The zero-order chi connectivity index (χ0) is 13.9. The number of rotatable bonds is 4. The van der Waals surface area contributed by atoms with Gasteiger partial charge in [-0.1, -0.05) is 18.2 Å². The molecule has 0 aliphatic carbocycles. The molecule has 0 spiro atoms. The van der Waals surface area contributed by atoms with Gasteiger partial charge < -0.3 is 9.73 Å². The minimum atomic E-state index is 0.0910. The van der Waals surface area contributed by atoms with Gasteiger partial charge >= 0.3 is 0 Å². The maximum atomic E-state index is 5.86. The van der Waals surface area contributed by atoms with E-state index in [4.69, 9.17) is 16.0 Å². The fourth-order valence-corrected chi connectivity index (χ4v) is 2.57. The standard InChI is InChI=1S/C16H15ClN2O/c1-18-14(15-6-7-16(17)20-15)10-11-8-9-19-13-5-3-2-4-12(11)13/h2-9,14,18H,10H2,1H3. The molecule has 0 saturated carbocycles. The fourth-order valence-electron chi connectivity index (χ4n) is 2.41. The summed E-state index contributed by atoms with van der Waals surface area (Å²) in [6.45, 7) is 0. The first-order valence-electron chi connectivity index (χ1n) is 6.53. The summed E-state index contributed by atoms with van der Waals surface area (Å²) in [7, 11) is 1.92. The molecule has 4 heteroatoms. The van der Waals surface area contributed by atoms with Gasteiger partial charge in [0.15, 0.2) is 5.22 Å². The second kappa shape index (κ2) is 5.65. The highest BCUT2D eigenvalue weighted by molar-refractivity contribution is 6.28. The van der Waals surface area contributed by atoms with E-state index in [1.807, 2.05) is 37.5 Å². The third kappa shape index (κ3) is 2.55. The van der Waals surface area contributed by atoms with E-state index in [2.05, 4.69) is 22.4 Å². The zero-order valence-electron chi connectivity index (χ0n) is 11.1. The van der Waals surface area contributed by atoms with Gasteiger partial charge in [0.1, 0.15) is 5.76 Å². The normalized spacial score (nSPS) is 12.7. The molecule has 3 nitrogen and oxygen atoms in total. The molecule has 102 valence electrons. The van der Waals surface area contributed by atoms with Gasteiger partial charge in [0.2, 0.25) is 0 Å². The summed E-state index contributed by atoms with van der Waals surface area (Å²) < 4.78 is 5.51. The summed E-state index contributed by atoms with van der Waals surface area (Å²) in [6, 6.07) is 14.0. The van der Waals surface area contributed by atoms with Gasteiger partial charge in [-0.05, 0) is 54.9 Å². The Morgan fingerprint density at radius 2 is 2.05 bits per heavy atom. The van der Waals surface area contributed by atoms with E-state index in [9.17, 15) is 0 Å². The van der Waals surface area contributed by atoms with Crippen LogP contribution in [0, 0.1) is 0 Å². The summed E-state index contributed by atoms with van der Waals surface area (Å²) >= 11 is 5.86. The van der Waals surface area contributed by atoms with Gasteiger partial charge in [0.25, 0.3) is 0 Å². The Morgan fingerprint density at radius 3 is 2.80 bits per heavy atom. The minimum Gasteiger partial charge on any atom is -0.448 e. The number of pyridine rings is 1. The van der Waals surface area contributed by atoms with Crippen LogP contribution in [0.4, 0.5) is 0 Å². The smallest absolute Gasteiger partial charge is 0.193 e. The fraction of sp³-hybridized carbons (Fsp3) is 0.188. The van der Waals surface area contributed by atoms with Crippen molar-refractivity contribution < 1.29 is 4.42 Å². The Morgan fingerprint density at radius 1 is 1.20 bits per heavy atom. The summed E-state index contributed by atoms with van der Waals surface area (Å²) in [6.07, 6.45) is 2.67. The lowest BCUT2D eigenvalue weighted by molar-refractivity contribution is 0.431. The summed E-state index contributed by atoms with van der Waals surface area (Å²) in [5.74, 6) is 0.846. The van der Waals surface area contributed by atoms with Crippen LogP contribution in [0.5, 0.6) is 0 Å². The van der Waals surface area contributed by atoms with Crippen LogP contribution in [0.3, 0.4) is 0 Å². The first kappa shape index (κ1) is 13.2. The van der Waals surface area contributed by atoms with Crippen molar-refractivity contribution in [2.75, 3.05) is 7.05 Å². The number of hydrogen-bond donors (Lipinski definition) is 1. The summed E-state index contributed by atoms with van der Waals surface area (Å²) in [5, 5.41) is 4.86. The largest absolute Gasteiger partial charge is 0.448 e. The Hall–Kier alpha value is -1.84. The molecule has 2 aromatic heterocycles. The van der Waals surface area contributed by atoms with Crippen LogP contribution in [0.1, 0.15) is 17.4 Å². The van der Waals surface area contributed by atoms with Gasteiger partial charge in [-0.15, -0.1) is 0 Å². The second-order valence-electron chi connectivity index (χ2n) is 4.67. The van der Waals surface area contributed by atoms with Gasteiger partial charge in [0, 0.05) is 11.6 Å². The van der Waals surface area contributed by atoms with Crippen LogP contribution in [-0.4, -0.2) is 12.0 Å². The molecule has 20 heavy (non-hydrogen) atoms. The summed E-state index contributed by atoms with van der Waals surface area (Å²) in [5.41, 5.74) is 2.25. The van der Waals surface area contributed by atoms with Crippen LogP contribution < -0.4 is 5.32 Å². The van der Waals surface area contributed by atoms with Crippen molar-refractivity contribution in [2.45, 2.75) is 12.5 Å². The average molecular weight is 287 g/mol. The lowest BCUT2D eigenvalue weighted by Gasteiger charge is -2.15. The lowest BCUT2D eigenvalue weighted by atomic mass is 10.0. The predicted molar refractivity (Wildman–Crippen MR) is 81.0 cm³/mol. The monoisotopic (exact) mass is 286 g/mol. The molecule has 0 bridgehead atoms. The highest BCUT2D eigenvalue weighted by Gasteiger charge is 2.15. The van der Waals surface area contributed by atoms with E-state index in [-0.39, 0.29) is 6.04 Å². The number of fused-ring (bicyclic) bond motifs is 1. The average Bonchev–Trinajstić information content (AvgIpc) is 2.91. The molecule has 3 aromatic rings. The summed E-state index contributed by atoms with van der Waals surface area (Å²) in [4.78, 5) is 4.39. The van der Waals surface area contributed by atoms with Crippen LogP contribution in [0.2, 0.25) is 5.22 Å². The van der Waals surface area contributed by atoms with Gasteiger partial charge in [0.05, 0.1) is 11.6 Å². The van der Waals surface area contributed by atoms with Gasteiger partial charge in [-0.25, -0.2) is 0 Å². The number of furan rings is 1. The molecule has 1 aromatic carbocycles. The SMILES string of the molecule is CNC(Cc1ccnc2ccccc12)c1ccc(Cl)o1. The highest BCUT2D eigenvalue weighted by Crippen LogP contribution is 2.25. The third-order valence-corrected chi connectivity index (χ3v) is 3.65. The van der Waals surface area contributed by atoms with Crippen molar-refractivity contribution in [1.82, 2.24) is 10.3 Å². The molecular weight excluding hydrogens is 272 g/mol. The Labute approximate surface area is 122 Å². The van der Waals surface area contributed by atoms with Crippen LogP contribution in [0.25, 0.3) is 10.9 Å². The molecule has 1 atom stereocenters. The molecule has 2 heterocycles. The molecule has 0 aliphatic heterocycles. The van der Waals surface area contributed by atoms with Crippen LogP contribution in [0.15, 0.2) is 53.1 Å². The van der Waals surface area contributed by atoms with Crippen molar-refractivity contribution >= 4 is 22.5 Å². The molecule has 1 N–H and O–H groups in total. The lowest BCUT2D eigenvalue weighted by Crippen LogP contribution is -2.18. The number of aromatic nitrogens is 1. The van der Waals surface area contributed by atoms with E-state index in [1.165, 1.54) is 10.9 Å². The molecule has 0 aliphatic rings. The van der Waals surface area contributed by atoms with E-state index in [1.54, 1.807) is 6.07 Å². The molecular formula is C16H15ClN2O. The first-order chi connectivity index (χ1) is 9.78. The topological polar surface area (TPSA) is 38.1 Å². The van der Waals surface area contributed by atoms with E-state index < -0.39 is 0 Å². The van der Waals surface area contributed by atoms with Crippen molar-refractivity contribution in [3.8, 4) is 0 Å². The molecule has 0 amide bonds. The van der Waals surface area contributed by atoms with E-state index in [0.29, 0.717) is 5.22 Å². The molecule has 3 rings (SSSR count). The molecule has 0 saturated heterocycles. The maximum Gasteiger partial charge on any atom is 0.193 e. The van der Waals surface area contributed by atoms with Crippen molar-refractivity contribution in [2.24, 2.45) is 0 Å². The Bertz CT molecular complexity index is 718. The van der Waals surface area contributed by atoms with Crippen LogP contribution in [-0.2, 0) is 6.42 Å². The van der Waals surface area contributed by atoms with Crippen LogP contribution >= 0.6 is 11.6 Å². The molecule has 1 unspecified atom stereocenters. The first-order valence-corrected chi connectivity index (χ1v) is 6.91. The Kier molecular flexibility index (Phi) is 3.72. The number of hydrogen-bond acceptors (Lipinski definition) is 3. The van der Waals surface area contributed by atoms with Crippen molar-refractivity contribution in [3.05, 3.63) is 65.2 Å². The van der Waals surface area contributed by atoms with E-state index >= 15 is 0 Å². The van der Waals surface area contributed by atoms with Gasteiger partial charge in [-0.3, -0.25) is 4.98 Å². The number of likely N-dealkylation sites (N-methyl/N-ethyl adjacent to an activating group) is 1. The zero-order valence-corrected chi connectivity index (χ0v) is 11.9. The molecule has 0 fully saturated rings. The van der Waals surface area contributed by atoms with Gasteiger partial charge in [-0.2, -0.15) is 0 Å². The van der Waals surface area contributed by atoms with E-state index in [0.717, 1.165) is 17.7 Å². The predicted octanol–water partition coefficient (Wildman–Crippen LogP) is 3.98. The minimum absolute atomic E-state index is 0.0910. The molecule has 0 radical (unpaired) electrons. The number of halogens is 1. The van der Waals surface area contributed by atoms with Crippen molar-refractivity contribution in [1.29, 1.82) is 0 Å². The van der Waals surface area contributed by atoms with Crippen molar-refractivity contribution in [3.63, 3.8) is 0 Å². The number of benzene rings is 1.